The van der Waals surface area contributed by atoms with Crippen molar-refractivity contribution in [2.45, 2.75) is 13.3 Å². The molecule has 21 heavy (non-hydrogen) atoms. The van der Waals surface area contributed by atoms with Crippen LogP contribution in [0.3, 0.4) is 0 Å². The van der Waals surface area contributed by atoms with Gasteiger partial charge in [-0.3, -0.25) is 4.79 Å². The van der Waals surface area contributed by atoms with Crippen LogP contribution in [0, 0.1) is 11.3 Å². The monoisotopic (exact) mass is 279 g/mol. The van der Waals surface area contributed by atoms with E-state index in [1.54, 1.807) is 18.2 Å². The molecule has 2 aromatic rings. The van der Waals surface area contributed by atoms with Crippen molar-refractivity contribution < 1.29 is 4.79 Å². The van der Waals surface area contributed by atoms with Crippen LogP contribution in [0.2, 0.25) is 0 Å². The van der Waals surface area contributed by atoms with Crippen LogP contribution in [-0.2, 0) is 11.2 Å². The summed E-state index contributed by atoms with van der Waals surface area (Å²) in [5.74, 6) is -0.124. The molecule has 0 atom stereocenters. The predicted octanol–water partition coefficient (Wildman–Crippen LogP) is 3.17. The zero-order valence-electron chi connectivity index (χ0n) is 11.9. The number of aryl methyl sites for hydroxylation is 1. The van der Waals surface area contributed by atoms with Gasteiger partial charge in [0.1, 0.15) is 0 Å². The molecule has 2 rings (SSSR count). The summed E-state index contributed by atoms with van der Waals surface area (Å²) in [5, 5.41) is 14.6. The van der Waals surface area contributed by atoms with E-state index in [9.17, 15) is 4.79 Å². The molecular formula is C17H17N3O. The topological polar surface area (TPSA) is 64.9 Å². The highest BCUT2D eigenvalue weighted by atomic mass is 16.1. The summed E-state index contributed by atoms with van der Waals surface area (Å²) in [6.45, 7) is 2.25. The number of anilines is 2. The summed E-state index contributed by atoms with van der Waals surface area (Å²) in [6, 6.07) is 16.9. The summed E-state index contributed by atoms with van der Waals surface area (Å²) < 4.78 is 0. The SMILES string of the molecule is CCc1ccc(NC(=O)CNc2cccc(C#N)c2)cc1. The van der Waals surface area contributed by atoms with Gasteiger partial charge in [-0.25, -0.2) is 0 Å². The van der Waals surface area contributed by atoms with Gasteiger partial charge in [-0.1, -0.05) is 25.1 Å². The normalized spacial score (nSPS) is 9.71. The molecule has 106 valence electrons. The van der Waals surface area contributed by atoms with Crippen LogP contribution in [0.4, 0.5) is 11.4 Å². The maximum absolute atomic E-state index is 11.9. The van der Waals surface area contributed by atoms with E-state index in [2.05, 4.69) is 23.6 Å². The molecule has 0 unspecified atom stereocenters. The molecule has 1 amide bonds. The molecule has 0 spiro atoms. The number of carbonyl (C=O) groups is 1. The Hall–Kier alpha value is -2.80. The summed E-state index contributed by atoms with van der Waals surface area (Å²) in [4.78, 5) is 11.9. The second-order valence-corrected chi connectivity index (χ2v) is 4.64. The standard InChI is InChI=1S/C17H17N3O/c1-2-13-6-8-15(9-7-13)20-17(21)12-19-16-5-3-4-14(10-16)11-18/h3-10,19H,2,12H2,1H3,(H,20,21). The molecule has 0 heterocycles. The van der Waals surface area contributed by atoms with Gasteiger partial charge in [0.15, 0.2) is 0 Å². The Bertz CT molecular complexity index is 656. The number of carbonyl (C=O) groups excluding carboxylic acids is 1. The zero-order valence-corrected chi connectivity index (χ0v) is 11.9. The summed E-state index contributed by atoms with van der Waals surface area (Å²) in [6.07, 6.45) is 0.977. The van der Waals surface area contributed by atoms with Gasteiger partial charge in [-0.15, -0.1) is 0 Å². The van der Waals surface area contributed by atoms with E-state index in [0.29, 0.717) is 5.56 Å². The highest BCUT2D eigenvalue weighted by Gasteiger charge is 2.02. The third-order valence-electron chi connectivity index (χ3n) is 3.09. The molecule has 4 nitrogen and oxygen atoms in total. The minimum absolute atomic E-state index is 0.124. The first kappa shape index (κ1) is 14.6. The number of benzene rings is 2. The Kier molecular flexibility index (Phi) is 4.94. The van der Waals surface area contributed by atoms with Crippen LogP contribution >= 0.6 is 0 Å². The van der Waals surface area contributed by atoms with Gasteiger partial charge < -0.3 is 10.6 Å². The Morgan fingerprint density at radius 1 is 1.14 bits per heavy atom. The zero-order chi connectivity index (χ0) is 15.1. The summed E-state index contributed by atoms with van der Waals surface area (Å²) in [5.41, 5.74) is 3.34. The van der Waals surface area contributed by atoms with Crippen molar-refractivity contribution in [2.24, 2.45) is 0 Å². The first-order chi connectivity index (χ1) is 10.2. The molecule has 2 aromatic carbocycles. The smallest absolute Gasteiger partial charge is 0.243 e. The minimum atomic E-state index is -0.124. The highest BCUT2D eigenvalue weighted by molar-refractivity contribution is 5.93. The molecule has 0 aliphatic rings. The Morgan fingerprint density at radius 2 is 1.90 bits per heavy atom. The first-order valence-corrected chi connectivity index (χ1v) is 6.84. The fraction of sp³-hybridized carbons (Fsp3) is 0.176. The second-order valence-electron chi connectivity index (χ2n) is 4.64. The van der Waals surface area contributed by atoms with Crippen LogP contribution in [0.25, 0.3) is 0 Å². The van der Waals surface area contributed by atoms with E-state index in [1.807, 2.05) is 30.3 Å². The van der Waals surface area contributed by atoms with Crippen molar-refractivity contribution in [1.82, 2.24) is 0 Å². The number of hydrogen-bond donors (Lipinski definition) is 2. The quantitative estimate of drug-likeness (QED) is 0.883. The van der Waals surface area contributed by atoms with Crippen molar-refractivity contribution in [3.8, 4) is 6.07 Å². The Balaban J connectivity index is 1.88. The van der Waals surface area contributed by atoms with Gasteiger partial charge in [-0.05, 0) is 42.3 Å². The van der Waals surface area contributed by atoms with Crippen molar-refractivity contribution >= 4 is 17.3 Å². The minimum Gasteiger partial charge on any atom is -0.376 e. The summed E-state index contributed by atoms with van der Waals surface area (Å²) >= 11 is 0. The molecule has 2 N–H and O–H groups in total. The maximum Gasteiger partial charge on any atom is 0.243 e. The van der Waals surface area contributed by atoms with Gasteiger partial charge in [-0.2, -0.15) is 5.26 Å². The molecule has 0 saturated carbocycles. The molecular weight excluding hydrogens is 262 g/mol. The number of amides is 1. The average molecular weight is 279 g/mol. The first-order valence-electron chi connectivity index (χ1n) is 6.84. The van der Waals surface area contributed by atoms with E-state index in [0.717, 1.165) is 17.8 Å². The fourth-order valence-electron chi connectivity index (χ4n) is 1.91. The van der Waals surface area contributed by atoms with Crippen LogP contribution < -0.4 is 10.6 Å². The van der Waals surface area contributed by atoms with Crippen molar-refractivity contribution in [3.05, 3.63) is 59.7 Å². The van der Waals surface area contributed by atoms with Gasteiger partial charge >= 0.3 is 0 Å². The number of nitrogens with one attached hydrogen (secondary N) is 2. The van der Waals surface area contributed by atoms with Gasteiger partial charge in [0, 0.05) is 11.4 Å². The van der Waals surface area contributed by atoms with Crippen molar-refractivity contribution in [3.63, 3.8) is 0 Å². The molecule has 0 aliphatic carbocycles. The Morgan fingerprint density at radius 3 is 2.57 bits per heavy atom. The molecule has 0 bridgehead atoms. The van der Waals surface area contributed by atoms with Crippen molar-refractivity contribution in [2.75, 3.05) is 17.2 Å². The van der Waals surface area contributed by atoms with E-state index in [-0.39, 0.29) is 12.5 Å². The number of hydrogen-bond acceptors (Lipinski definition) is 3. The number of nitrogens with zero attached hydrogens (tertiary/aromatic N) is 1. The Labute approximate surface area is 124 Å². The third kappa shape index (κ3) is 4.36. The fourth-order valence-corrected chi connectivity index (χ4v) is 1.91. The molecule has 4 heteroatoms. The number of nitriles is 1. The van der Waals surface area contributed by atoms with Crippen molar-refractivity contribution in [1.29, 1.82) is 5.26 Å². The summed E-state index contributed by atoms with van der Waals surface area (Å²) in [7, 11) is 0. The average Bonchev–Trinajstić information content (AvgIpc) is 2.54. The molecule has 0 fully saturated rings. The largest absolute Gasteiger partial charge is 0.376 e. The van der Waals surface area contributed by atoms with Crippen LogP contribution in [0.1, 0.15) is 18.1 Å². The third-order valence-corrected chi connectivity index (χ3v) is 3.09. The van der Waals surface area contributed by atoms with Gasteiger partial charge in [0.2, 0.25) is 5.91 Å². The van der Waals surface area contributed by atoms with Crippen LogP contribution in [-0.4, -0.2) is 12.5 Å². The van der Waals surface area contributed by atoms with Gasteiger partial charge in [0.05, 0.1) is 18.2 Å². The molecule has 0 saturated heterocycles. The highest BCUT2D eigenvalue weighted by Crippen LogP contribution is 2.11. The van der Waals surface area contributed by atoms with E-state index in [4.69, 9.17) is 5.26 Å². The molecule has 0 radical (unpaired) electrons. The molecule has 0 aromatic heterocycles. The molecule has 0 aliphatic heterocycles. The lowest BCUT2D eigenvalue weighted by Gasteiger charge is -2.08. The predicted molar refractivity (Wildman–Crippen MR) is 84.1 cm³/mol. The van der Waals surface area contributed by atoms with E-state index >= 15 is 0 Å². The lowest BCUT2D eigenvalue weighted by atomic mass is 10.1. The van der Waals surface area contributed by atoms with Gasteiger partial charge in [0.25, 0.3) is 0 Å². The van der Waals surface area contributed by atoms with E-state index in [1.165, 1.54) is 5.56 Å². The van der Waals surface area contributed by atoms with Crippen LogP contribution in [0.15, 0.2) is 48.5 Å². The second kappa shape index (κ2) is 7.11. The number of rotatable bonds is 5. The lowest BCUT2D eigenvalue weighted by Crippen LogP contribution is -2.21. The lowest BCUT2D eigenvalue weighted by molar-refractivity contribution is -0.114. The van der Waals surface area contributed by atoms with Crippen LogP contribution in [0.5, 0.6) is 0 Å². The maximum atomic E-state index is 11.9. The van der Waals surface area contributed by atoms with E-state index < -0.39 is 0 Å².